The standard InChI is InChI=1S/C4H10O3Si/c1-3-4-8(5,6)7-2/h3-6H,1-2H3. The summed E-state index contributed by atoms with van der Waals surface area (Å²) in [5.41, 5.74) is 1.27. The zero-order chi connectivity index (χ0) is 6.62. The van der Waals surface area contributed by atoms with E-state index in [0.29, 0.717) is 0 Å². The maximum atomic E-state index is 8.71. The SMILES string of the molecule is CC=C[Si](O)(O)OC. The highest BCUT2D eigenvalue weighted by molar-refractivity contribution is 6.63. The van der Waals surface area contributed by atoms with E-state index in [-0.39, 0.29) is 0 Å². The van der Waals surface area contributed by atoms with Crippen molar-refractivity contribution >= 4 is 8.80 Å². The number of allylic oxidation sites excluding steroid dienone is 1. The van der Waals surface area contributed by atoms with E-state index in [2.05, 4.69) is 4.43 Å². The second-order valence-corrected chi connectivity index (χ2v) is 3.42. The Morgan fingerprint density at radius 2 is 2.00 bits per heavy atom. The van der Waals surface area contributed by atoms with Crippen LogP contribution >= 0.6 is 0 Å². The topological polar surface area (TPSA) is 49.7 Å². The molecule has 0 amide bonds. The predicted octanol–water partition coefficient (Wildman–Crippen LogP) is -0.328. The second kappa shape index (κ2) is 2.98. The van der Waals surface area contributed by atoms with Crippen molar-refractivity contribution in [1.29, 1.82) is 0 Å². The molecule has 0 unspecified atom stereocenters. The Morgan fingerprint density at radius 3 is 2.12 bits per heavy atom. The van der Waals surface area contributed by atoms with Crippen molar-refractivity contribution in [1.82, 2.24) is 0 Å². The van der Waals surface area contributed by atoms with E-state index in [1.807, 2.05) is 0 Å². The molecule has 0 aliphatic rings. The molecule has 8 heavy (non-hydrogen) atoms. The fourth-order valence-corrected chi connectivity index (χ4v) is 0.855. The van der Waals surface area contributed by atoms with Crippen molar-refractivity contribution in [2.75, 3.05) is 7.11 Å². The highest BCUT2D eigenvalue weighted by Gasteiger charge is 2.25. The molecule has 4 heteroatoms. The van der Waals surface area contributed by atoms with Gasteiger partial charge in [0, 0.05) is 7.11 Å². The molecule has 0 atom stereocenters. The van der Waals surface area contributed by atoms with Gasteiger partial charge in [0.25, 0.3) is 0 Å². The lowest BCUT2D eigenvalue weighted by atomic mass is 10.8. The van der Waals surface area contributed by atoms with Crippen molar-refractivity contribution in [2.24, 2.45) is 0 Å². The Morgan fingerprint density at radius 1 is 1.50 bits per heavy atom. The summed E-state index contributed by atoms with van der Waals surface area (Å²) in [6, 6.07) is 0. The summed E-state index contributed by atoms with van der Waals surface area (Å²) in [5, 5.41) is 0. The van der Waals surface area contributed by atoms with E-state index in [9.17, 15) is 0 Å². The van der Waals surface area contributed by atoms with E-state index < -0.39 is 8.80 Å². The maximum absolute atomic E-state index is 8.71. The van der Waals surface area contributed by atoms with Crippen molar-refractivity contribution in [3.63, 3.8) is 0 Å². The van der Waals surface area contributed by atoms with Gasteiger partial charge in [0.05, 0.1) is 0 Å². The summed E-state index contributed by atoms with van der Waals surface area (Å²) in [6.45, 7) is 1.70. The monoisotopic (exact) mass is 134 g/mol. The highest BCUT2D eigenvalue weighted by Crippen LogP contribution is 1.93. The molecule has 3 nitrogen and oxygen atoms in total. The number of hydrogen-bond donors (Lipinski definition) is 2. The van der Waals surface area contributed by atoms with Gasteiger partial charge in [0.15, 0.2) is 0 Å². The average molecular weight is 134 g/mol. The van der Waals surface area contributed by atoms with Crippen LogP contribution in [0.15, 0.2) is 11.8 Å². The molecule has 0 bridgehead atoms. The van der Waals surface area contributed by atoms with Crippen molar-refractivity contribution in [2.45, 2.75) is 6.92 Å². The average Bonchev–Trinajstić information content (AvgIpc) is 1.67. The molecule has 0 fully saturated rings. The van der Waals surface area contributed by atoms with Crippen LogP contribution in [0.1, 0.15) is 6.92 Å². The zero-order valence-corrected chi connectivity index (χ0v) is 5.96. The van der Waals surface area contributed by atoms with Crippen LogP contribution in [0.5, 0.6) is 0 Å². The molecular formula is C4H10O3Si. The first kappa shape index (κ1) is 7.84. The van der Waals surface area contributed by atoms with Crippen LogP contribution in [0, 0.1) is 0 Å². The van der Waals surface area contributed by atoms with Gasteiger partial charge < -0.3 is 14.0 Å². The lowest BCUT2D eigenvalue weighted by Gasteiger charge is -2.07. The van der Waals surface area contributed by atoms with Crippen molar-refractivity contribution in [3.05, 3.63) is 11.8 Å². The molecule has 0 spiro atoms. The molecule has 0 saturated carbocycles. The molecule has 0 rings (SSSR count). The van der Waals surface area contributed by atoms with Gasteiger partial charge in [0.1, 0.15) is 0 Å². The van der Waals surface area contributed by atoms with E-state index >= 15 is 0 Å². The van der Waals surface area contributed by atoms with Gasteiger partial charge in [-0.05, 0) is 12.6 Å². The molecule has 0 aliphatic heterocycles. The molecule has 0 radical (unpaired) electrons. The summed E-state index contributed by atoms with van der Waals surface area (Å²) >= 11 is 0. The van der Waals surface area contributed by atoms with Crippen LogP contribution in [-0.4, -0.2) is 25.5 Å². The van der Waals surface area contributed by atoms with Gasteiger partial charge in [-0.3, -0.25) is 0 Å². The number of hydrogen-bond acceptors (Lipinski definition) is 3. The third-order valence-electron chi connectivity index (χ3n) is 0.684. The minimum absolute atomic E-state index is 1.27. The molecule has 0 aromatic rings. The lowest BCUT2D eigenvalue weighted by molar-refractivity contribution is 0.202. The summed E-state index contributed by atoms with van der Waals surface area (Å²) in [7, 11) is -2.09. The first-order valence-corrected chi connectivity index (χ1v) is 4.14. The third-order valence-corrected chi connectivity index (χ3v) is 2.05. The smallest absolute Gasteiger partial charge is 0.387 e. The van der Waals surface area contributed by atoms with E-state index in [4.69, 9.17) is 9.59 Å². The van der Waals surface area contributed by atoms with Gasteiger partial charge in [-0.2, -0.15) is 0 Å². The molecule has 0 aliphatic carbocycles. The Balaban J connectivity index is 3.71. The lowest BCUT2D eigenvalue weighted by Crippen LogP contribution is -2.35. The normalized spacial score (nSPS) is 13.0. The molecule has 2 N–H and O–H groups in total. The molecule has 0 aromatic carbocycles. The van der Waals surface area contributed by atoms with E-state index in [1.54, 1.807) is 13.0 Å². The molecular weight excluding hydrogens is 124 g/mol. The van der Waals surface area contributed by atoms with Crippen molar-refractivity contribution < 1.29 is 14.0 Å². The number of rotatable bonds is 2. The summed E-state index contributed by atoms with van der Waals surface area (Å²) < 4.78 is 4.34. The maximum Gasteiger partial charge on any atom is 0.523 e. The Kier molecular flexibility index (Phi) is 2.92. The van der Waals surface area contributed by atoms with Crippen LogP contribution in [0.4, 0.5) is 0 Å². The van der Waals surface area contributed by atoms with Gasteiger partial charge in [-0.1, -0.05) is 6.08 Å². The molecule has 48 valence electrons. The zero-order valence-electron chi connectivity index (χ0n) is 4.96. The van der Waals surface area contributed by atoms with Gasteiger partial charge >= 0.3 is 8.80 Å². The van der Waals surface area contributed by atoms with E-state index in [0.717, 1.165) is 0 Å². The Bertz CT molecular complexity index is 89.3. The predicted molar refractivity (Wildman–Crippen MR) is 32.0 cm³/mol. The summed E-state index contributed by atoms with van der Waals surface area (Å²) in [6.07, 6.45) is 1.55. The second-order valence-electron chi connectivity index (χ2n) is 1.36. The largest absolute Gasteiger partial charge is 0.523 e. The minimum atomic E-state index is -3.36. The van der Waals surface area contributed by atoms with Crippen LogP contribution in [0.3, 0.4) is 0 Å². The first-order chi connectivity index (χ1) is 3.62. The third kappa shape index (κ3) is 2.92. The first-order valence-electron chi connectivity index (χ1n) is 2.26. The Labute approximate surface area is 49.6 Å². The Hall–Kier alpha value is -0.163. The summed E-state index contributed by atoms with van der Waals surface area (Å²) in [5.74, 6) is 0. The van der Waals surface area contributed by atoms with Crippen LogP contribution in [0.2, 0.25) is 0 Å². The van der Waals surface area contributed by atoms with Gasteiger partial charge in [-0.25, -0.2) is 0 Å². The van der Waals surface area contributed by atoms with Crippen LogP contribution < -0.4 is 0 Å². The fraction of sp³-hybridized carbons (Fsp3) is 0.500. The highest BCUT2D eigenvalue weighted by atomic mass is 28.4. The molecule has 0 heterocycles. The van der Waals surface area contributed by atoms with E-state index in [1.165, 1.54) is 12.8 Å². The van der Waals surface area contributed by atoms with Gasteiger partial charge in [-0.15, -0.1) is 0 Å². The fourth-order valence-electron chi connectivity index (χ4n) is 0.285. The quantitative estimate of drug-likeness (QED) is 0.508. The van der Waals surface area contributed by atoms with Crippen LogP contribution in [-0.2, 0) is 4.43 Å². The summed E-state index contributed by atoms with van der Waals surface area (Å²) in [4.78, 5) is 17.4. The molecule has 0 saturated heterocycles. The van der Waals surface area contributed by atoms with Crippen LogP contribution in [0.25, 0.3) is 0 Å². The van der Waals surface area contributed by atoms with Gasteiger partial charge in [0.2, 0.25) is 0 Å². The molecule has 0 aromatic heterocycles. The van der Waals surface area contributed by atoms with Crippen molar-refractivity contribution in [3.8, 4) is 0 Å². The minimum Gasteiger partial charge on any atom is -0.387 e.